The van der Waals surface area contributed by atoms with Gasteiger partial charge >= 0.3 is 11.8 Å². The van der Waals surface area contributed by atoms with E-state index in [9.17, 15) is 19.3 Å². The maximum atomic E-state index is 14.4. The number of carbonyl (C=O) groups is 1. The number of nitrogens with zero attached hydrogens (tertiary/aromatic N) is 3. The molecule has 0 saturated carbocycles. The number of nitrogens with one attached hydrogen (secondary N) is 2. The Morgan fingerprint density at radius 2 is 2.16 bits per heavy atom. The van der Waals surface area contributed by atoms with Crippen molar-refractivity contribution in [3.63, 3.8) is 0 Å². The maximum absolute atomic E-state index is 14.4. The van der Waals surface area contributed by atoms with Gasteiger partial charge in [-0.25, -0.2) is 19.2 Å². The highest BCUT2D eigenvalue weighted by molar-refractivity contribution is 9.10. The number of fused-ring (bicyclic) bond motifs is 1. The summed E-state index contributed by atoms with van der Waals surface area (Å²) in [6, 6.07) is 4.89. The standard InChI is InChI=1S/C18H14BrClFN5O5/c1-8(24-18(27)28)6-31-14-5-12-9(4-13(14)26(29)30)17(23-7-22-12)25-11-3-2-10(19)15(20)16(11)21/h2-5,7-8,24H,6H2,1H3,(H,27,28)(H,22,23,25)/t8-/m0/s1. The van der Waals surface area contributed by atoms with Crippen LogP contribution >= 0.6 is 27.5 Å². The Kier molecular flexibility index (Phi) is 6.71. The lowest BCUT2D eigenvalue weighted by atomic mass is 10.2. The van der Waals surface area contributed by atoms with Gasteiger partial charge in [0.15, 0.2) is 11.6 Å². The fraction of sp³-hybridized carbons (Fsp3) is 0.167. The molecular weight excluding hydrogens is 501 g/mol. The molecule has 31 heavy (non-hydrogen) atoms. The number of nitro benzene ring substituents is 1. The van der Waals surface area contributed by atoms with Gasteiger partial charge in [-0.3, -0.25) is 10.1 Å². The quantitative estimate of drug-likeness (QED) is 0.230. The van der Waals surface area contributed by atoms with Crippen LogP contribution in [0, 0.1) is 15.9 Å². The molecular formula is C18H14BrClFN5O5. The zero-order valence-electron chi connectivity index (χ0n) is 15.7. The van der Waals surface area contributed by atoms with Crippen molar-refractivity contribution in [1.82, 2.24) is 15.3 Å². The summed E-state index contributed by atoms with van der Waals surface area (Å²) in [4.78, 5) is 29.7. The zero-order chi connectivity index (χ0) is 22.7. The van der Waals surface area contributed by atoms with Gasteiger partial charge in [-0.2, -0.15) is 0 Å². The highest BCUT2D eigenvalue weighted by Crippen LogP contribution is 2.36. The van der Waals surface area contributed by atoms with Crippen molar-refractivity contribution >= 4 is 61.7 Å². The van der Waals surface area contributed by atoms with E-state index in [1.54, 1.807) is 6.92 Å². The Labute approximate surface area is 187 Å². The van der Waals surface area contributed by atoms with Gasteiger partial charge in [0.1, 0.15) is 18.8 Å². The SMILES string of the molecule is C[C@@H](COc1cc2ncnc(Nc3ccc(Br)c(Cl)c3F)c2cc1[N+](=O)[O-])NC(=O)O. The van der Waals surface area contributed by atoms with Gasteiger partial charge in [-0.1, -0.05) is 11.6 Å². The number of halogens is 3. The topological polar surface area (TPSA) is 140 Å². The predicted molar refractivity (Wildman–Crippen MR) is 115 cm³/mol. The second kappa shape index (κ2) is 9.27. The molecule has 0 aliphatic rings. The lowest BCUT2D eigenvalue weighted by Crippen LogP contribution is -2.35. The number of aromatic nitrogens is 2. The number of hydrogen-bond acceptors (Lipinski definition) is 7. The third-order valence-electron chi connectivity index (χ3n) is 4.06. The predicted octanol–water partition coefficient (Wildman–Crippen LogP) is 4.87. The fourth-order valence-electron chi connectivity index (χ4n) is 2.65. The number of carboxylic acid groups (broad SMARTS) is 1. The van der Waals surface area contributed by atoms with Crippen molar-refractivity contribution in [3.8, 4) is 5.75 Å². The van der Waals surface area contributed by atoms with Crippen LogP contribution in [-0.2, 0) is 0 Å². The van der Waals surface area contributed by atoms with Crippen LogP contribution in [0.15, 0.2) is 35.1 Å². The Bertz CT molecular complexity index is 1180. The highest BCUT2D eigenvalue weighted by atomic mass is 79.9. The number of anilines is 2. The first-order chi connectivity index (χ1) is 14.7. The zero-order valence-corrected chi connectivity index (χ0v) is 18.1. The summed E-state index contributed by atoms with van der Waals surface area (Å²) in [5.41, 5.74) is -0.0764. The molecule has 0 aliphatic carbocycles. The van der Waals surface area contributed by atoms with Crippen LogP contribution in [0.1, 0.15) is 6.92 Å². The van der Waals surface area contributed by atoms with Gasteiger partial charge in [-0.15, -0.1) is 0 Å². The number of amides is 1. The first-order valence-electron chi connectivity index (χ1n) is 8.63. The molecule has 0 aliphatic heterocycles. The molecule has 3 aromatic rings. The Morgan fingerprint density at radius 3 is 2.84 bits per heavy atom. The van der Waals surface area contributed by atoms with Crippen LogP contribution in [0.3, 0.4) is 0 Å². The van der Waals surface area contributed by atoms with Crippen molar-refractivity contribution in [3.05, 3.63) is 56.0 Å². The van der Waals surface area contributed by atoms with E-state index in [0.29, 0.717) is 9.99 Å². The Morgan fingerprint density at radius 1 is 1.42 bits per heavy atom. The molecule has 1 amide bonds. The van der Waals surface area contributed by atoms with E-state index in [1.165, 1.54) is 30.6 Å². The molecule has 162 valence electrons. The molecule has 1 aromatic heterocycles. The minimum Gasteiger partial charge on any atom is -0.485 e. The van der Waals surface area contributed by atoms with Crippen LogP contribution < -0.4 is 15.4 Å². The van der Waals surface area contributed by atoms with E-state index in [-0.39, 0.29) is 40.0 Å². The minimum absolute atomic E-state index is 0.0183. The summed E-state index contributed by atoms with van der Waals surface area (Å²) in [5, 5.41) is 25.4. The molecule has 3 rings (SSSR count). The largest absolute Gasteiger partial charge is 0.485 e. The summed E-state index contributed by atoms with van der Waals surface area (Å²) >= 11 is 9.03. The lowest BCUT2D eigenvalue weighted by molar-refractivity contribution is -0.385. The fourth-order valence-corrected chi connectivity index (χ4v) is 3.12. The number of benzene rings is 2. The van der Waals surface area contributed by atoms with E-state index in [2.05, 4.69) is 36.5 Å². The lowest BCUT2D eigenvalue weighted by Gasteiger charge is -2.14. The molecule has 0 spiro atoms. The average Bonchev–Trinajstić information content (AvgIpc) is 2.71. The van der Waals surface area contributed by atoms with Gasteiger partial charge in [0.25, 0.3) is 0 Å². The van der Waals surface area contributed by atoms with Crippen molar-refractivity contribution < 1.29 is 24.0 Å². The van der Waals surface area contributed by atoms with Gasteiger partial charge in [0.2, 0.25) is 0 Å². The molecule has 0 fully saturated rings. The van der Waals surface area contributed by atoms with Gasteiger partial charge in [-0.05, 0) is 35.0 Å². The summed E-state index contributed by atoms with van der Waals surface area (Å²) in [7, 11) is 0. The number of hydrogen-bond donors (Lipinski definition) is 3. The number of nitro groups is 1. The molecule has 0 saturated heterocycles. The van der Waals surface area contributed by atoms with Crippen LogP contribution in [-0.4, -0.2) is 38.7 Å². The van der Waals surface area contributed by atoms with Crippen molar-refractivity contribution in [2.24, 2.45) is 0 Å². The molecule has 0 bridgehead atoms. The van der Waals surface area contributed by atoms with Crippen LogP contribution in [0.5, 0.6) is 5.75 Å². The molecule has 10 nitrogen and oxygen atoms in total. The van der Waals surface area contributed by atoms with Gasteiger partial charge in [0.05, 0.1) is 32.6 Å². The molecule has 2 aromatic carbocycles. The third kappa shape index (κ3) is 5.09. The summed E-state index contributed by atoms with van der Waals surface area (Å²) in [5.74, 6) is -0.700. The summed E-state index contributed by atoms with van der Waals surface area (Å²) in [6.07, 6.45) is -0.0411. The third-order valence-corrected chi connectivity index (χ3v) is 5.32. The van der Waals surface area contributed by atoms with Crippen LogP contribution in [0.4, 0.5) is 26.4 Å². The molecule has 1 heterocycles. The van der Waals surface area contributed by atoms with E-state index >= 15 is 0 Å². The van der Waals surface area contributed by atoms with E-state index in [4.69, 9.17) is 21.4 Å². The molecule has 0 unspecified atom stereocenters. The Hall–Kier alpha value is -3.25. The highest BCUT2D eigenvalue weighted by Gasteiger charge is 2.21. The monoisotopic (exact) mass is 513 g/mol. The minimum atomic E-state index is -1.24. The Balaban J connectivity index is 1.99. The van der Waals surface area contributed by atoms with Gasteiger partial charge in [0, 0.05) is 16.6 Å². The van der Waals surface area contributed by atoms with E-state index in [1.807, 2.05) is 0 Å². The first kappa shape index (κ1) is 22.4. The molecule has 3 N–H and O–H groups in total. The normalized spacial score (nSPS) is 11.7. The molecule has 0 radical (unpaired) electrons. The second-order valence-corrected chi connectivity index (χ2v) is 7.56. The summed E-state index contributed by atoms with van der Waals surface area (Å²) in [6.45, 7) is 1.40. The van der Waals surface area contributed by atoms with Crippen LogP contribution in [0.25, 0.3) is 10.9 Å². The molecule has 13 heteroatoms. The first-order valence-corrected chi connectivity index (χ1v) is 9.80. The van der Waals surface area contributed by atoms with Crippen LogP contribution in [0.2, 0.25) is 5.02 Å². The number of rotatable bonds is 7. The average molecular weight is 515 g/mol. The van der Waals surface area contributed by atoms with E-state index < -0.39 is 22.9 Å². The summed E-state index contributed by atoms with van der Waals surface area (Å²) < 4.78 is 20.3. The van der Waals surface area contributed by atoms with Crippen molar-refractivity contribution in [1.29, 1.82) is 0 Å². The molecule has 1 atom stereocenters. The van der Waals surface area contributed by atoms with Gasteiger partial charge < -0.3 is 20.5 Å². The number of ether oxygens (including phenoxy) is 1. The van der Waals surface area contributed by atoms with Crippen molar-refractivity contribution in [2.75, 3.05) is 11.9 Å². The second-order valence-electron chi connectivity index (χ2n) is 6.33. The van der Waals surface area contributed by atoms with E-state index in [0.717, 1.165) is 0 Å². The maximum Gasteiger partial charge on any atom is 0.404 e. The smallest absolute Gasteiger partial charge is 0.404 e. The van der Waals surface area contributed by atoms with Crippen molar-refractivity contribution in [2.45, 2.75) is 13.0 Å².